The van der Waals surface area contributed by atoms with Gasteiger partial charge in [0.25, 0.3) is 0 Å². The third-order valence-corrected chi connectivity index (χ3v) is 4.38. The number of halogens is 1. The Morgan fingerprint density at radius 2 is 2.10 bits per heavy atom. The third kappa shape index (κ3) is 4.00. The normalized spacial score (nSPS) is 13.2. The molecule has 0 aliphatic carbocycles. The Hall–Kier alpha value is -1.49. The molecule has 0 spiro atoms. The van der Waals surface area contributed by atoms with Gasteiger partial charge >= 0.3 is 0 Å². The van der Waals surface area contributed by atoms with Crippen LogP contribution >= 0.6 is 0 Å². The molecule has 20 heavy (non-hydrogen) atoms. The summed E-state index contributed by atoms with van der Waals surface area (Å²) in [6.45, 7) is 3.65. The highest BCUT2D eigenvalue weighted by molar-refractivity contribution is 7.89. The number of hydrogen-bond donors (Lipinski definition) is 2. The summed E-state index contributed by atoms with van der Waals surface area (Å²) >= 11 is 0. The number of sulfonamides is 1. The van der Waals surface area contributed by atoms with E-state index < -0.39 is 27.5 Å². The number of hydrogen-bond acceptors (Lipinski definition) is 4. The van der Waals surface area contributed by atoms with E-state index in [1.807, 2.05) is 13.8 Å². The van der Waals surface area contributed by atoms with Crippen LogP contribution in [0.2, 0.25) is 0 Å². The number of benzene rings is 1. The van der Waals surface area contributed by atoms with Crippen LogP contribution in [0.25, 0.3) is 0 Å². The van der Waals surface area contributed by atoms with Crippen LogP contribution < -0.4 is 4.72 Å². The molecular formula is C13H17FN2O3S. The second kappa shape index (κ2) is 6.79. The van der Waals surface area contributed by atoms with Gasteiger partial charge in [-0.1, -0.05) is 19.9 Å². The summed E-state index contributed by atoms with van der Waals surface area (Å²) in [6, 6.07) is 4.97. The number of nitrogens with one attached hydrogen (secondary N) is 1. The minimum atomic E-state index is -3.97. The molecule has 1 atom stereocenters. The van der Waals surface area contributed by atoms with E-state index in [2.05, 4.69) is 4.72 Å². The molecule has 1 aromatic rings. The quantitative estimate of drug-likeness (QED) is 0.830. The molecule has 0 saturated heterocycles. The van der Waals surface area contributed by atoms with Crippen LogP contribution in [0, 0.1) is 23.1 Å². The summed E-state index contributed by atoms with van der Waals surface area (Å²) in [7, 11) is -3.97. The Kier molecular flexibility index (Phi) is 5.62. The number of nitriles is 1. The van der Waals surface area contributed by atoms with E-state index in [-0.39, 0.29) is 23.8 Å². The van der Waals surface area contributed by atoms with Gasteiger partial charge in [0, 0.05) is 6.54 Å². The molecule has 0 aliphatic heterocycles. The second-order valence-corrected chi connectivity index (χ2v) is 6.46. The van der Waals surface area contributed by atoms with Crippen molar-refractivity contribution in [3.8, 4) is 6.07 Å². The van der Waals surface area contributed by atoms with Gasteiger partial charge in [-0.15, -0.1) is 0 Å². The summed E-state index contributed by atoms with van der Waals surface area (Å²) < 4.78 is 39.6. The maximum absolute atomic E-state index is 13.4. The van der Waals surface area contributed by atoms with E-state index in [1.165, 1.54) is 12.1 Å². The Balaban J connectivity index is 2.86. The van der Waals surface area contributed by atoms with Crippen molar-refractivity contribution in [1.29, 1.82) is 5.26 Å². The van der Waals surface area contributed by atoms with Crippen molar-refractivity contribution in [3.63, 3.8) is 0 Å². The second-order valence-electron chi connectivity index (χ2n) is 4.72. The molecule has 1 aromatic carbocycles. The summed E-state index contributed by atoms with van der Waals surface area (Å²) in [5, 5.41) is 18.4. The van der Waals surface area contributed by atoms with Gasteiger partial charge < -0.3 is 5.11 Å². The van der Waals surface area contributed by atoms with Gasteiger partial charge in [0.2, 0.25) is 10.0 Å². The van der Waals surface area contributed by atoms with Crippen molar-refractivity contribution in [1.82, 2.24) is 4.72 Å². The largest absolute Gasteiger partial charge is 0.393 e. The van der Waals surface area contributed by atoms with Crippen LogP contribution in [0.1, 0.15) is 25.8 Å². The van der Waals surface area contributed by atoms with Crippen molar-refractivity contribution >= 4 is 10.0 Å². The molecule has 0 amide bonds. The summed E-state index contributed by atoms with van der Waals surface area (Å²) in [5.41, 5.74) is -0.510. The van der Waals surface area contributed by atoms with Crippen LogP contribution in [0.15, 0.2) is 23.1 Å². The standard InChI is InChI=1S/C13H17FN2O3S/c1-9(2)12(17)6-7-16-20(18,19)13-5-3-4-11(14)10(13)8-15/h3-5,9,12,16-17H,6-7H2,1-2H3. The monoisotopic (exact) mass is 300 g/mol. The van der Waals surface area contributed by atoms with E-state index in [0.717, 1.165) is 6.07 Å². The molecule has 0 aliphatic rings. The first-order valence-electron chi connectivity index (χ1n) is 6.16. The first-order chi connectivity index (χ1) is 9.29. The molecule has 110 valence electrons. The lowest BCUT2D eigenvalue weighted by molar-refractivity contribution is 0.118. The van der Waals surface area contributed by atoms with Gasteiger partial charge in [0.1, 0.15) is 22.3 Å². The minimum Gasteiger partial charge on any atom is -0.393 e. The van der Waals surface area contributed by atoms with Crippen LogP contribution in [0.5, 0.6) is 0 Å². The fourth-order valence-corrected chi connectivity index (χ4v) is 2.80. The van der Waals surface area contributed by atoms with E-state index in [9.17, 15) is 17.9 Å². The van der Waals surface area contributed by atoms with Gasteiger partial charge in [0.15, 0.2) is 0 Å². The first kappa shape index (κ1) is 16.6. The topological polar surface area (TPSA) is 90.2 Å². The molecule has 0 aromatic heterocycles. The fraction of sp³-hybridized carbons (Fsp3) is 0.462. The van der Waals surface area contributed by atoms with Gasteiger partial charge in [-0.05, 0) is 24.5 Å². The van der Waals surface area contributed by atoms with Crippen molar-refractivity contribution in [3.05, 3.63) is 29.6 Å². The zero-order chi connectivity index (χ0) is 15.3. The smallest absolute Gasteiger partial charge is 0.241 e. The summed E-state index contributed by atoms with van der Waals surface area (Å²) in [5.74, 6) is -0.860. The van der Waals surface area contributed by atoms with Gasteiger partial charge in [-0.2, -0.15) is 5.26 Å². The van der Waals surface area contributed by atoms with Gasteiger partial charge in [0.05, 0.1) is 6.10 Å². The lowest BCUT2D eigenvalue weighted by atomic mass is 10.1. The predicted octanol–water partition coefficient (Wildman–Crippen LogP) is 1.38. The molecule has 5 nitrogen and oxygen atoms in total. The maximum atomic E-state index is 13.4. The van der Waals surface area contributed by atoms with Crippen molar-refractivity contribution in [2.24, 2.45) is 5.92 Å². The molecule has 7 heteroatoms. The van der Waals surface area contributed by atoms with Gasteiger partial charge in [-0.3, -0.25) is 0 Å². The summed E-state index contributed by atoms with van der Waals surface area (Å²) in [4.78, 5) is -0.390. The van der Waals surface area contributed by atoms with Crippen LogP contribution in [0.4, 0.5) is 4.39 Å². The molecule has 0 saturated carbocycles. The zero-order valence-corrected chi connectivity index (χ0v) is 12.1. The number of aliphatic hydroxyl groups is 1. The van der Waals surface area contributed by atoms with Crippen LogP contribution in [-0.4, -0.2) is 26.2 Å². The highest BCUT2D eigenvalue weighted by Crippen LogP contribution is 2.17. The Morgan fingerprint density at radius 1 is 1.45 bits per heavy atom. The molecule has 0 heterocycles. The van der Waals surface area contributed by atoms with Crippen LogP contribution in [0.3, 0.4) is 0 Å². The van der Waals surface area contributed by atoms with E-state index in [4.69, 9.17) is 5.26 Å². The first-order valence-corrected chi connectivity index (χ1v) is 7.64. The fourth-order valence-electron chi connectivity index (χ4n) is 1.59. The van der Waals surface area contributed by atoms with Gasteiger partial charge in [-0.25, -0.2) is 17.5 Å². The highest BCUT2D eigenvalue weighted by atomic mass is 32.2. The number of nitrogens with zero attached hydrogens (tertiary/aromatic N) is 1. The van der Waals surface area contributed by atoms with Crippen molar-refractivity contribution < 1.29 is 17.9 Å². The maximum Gasteiger partial charge on any atom is 0.241 e. The Morgan fingerprint density at radius 3 is 2.65 bits per heavy atom. The molecule has 0 fully saturated rings. The van der Waals surface area contributed by atoms with Crippen LogP contribution in [-0.2, 0) is 10.0 Å². The van der Waals surface area contributed by atoms with Crippen molar-refractivity contribution in [2.75, 3.05) is 6.54 Å². The number of rotatable bonds is 6. The average Bonchev–Trinajstić information content (AvgIpc) is 2.37. The molecule has 1 unspecified atom stereocenters. The predicted molar refractivity (Wildman–Crippen MR) is 71.8 cm³/mol. The molecular weight excluding hydrogens is 283 g/mol. The third-order valence-electron chi connectivity index (χ3n) is 2.88. The van der Waals surface area contributed by atoms with E-state index in [0.29, 0.717) is 0 Å². The Bertz CT molecular complexity index is 609. The molecule has 2 N–H and O–H groups in total. The van der Waals surface area contributed by atoms with E-state index >= 15 is 0 Å². The SMILES string of the molecule is CC(C)C(O)CCNS(=O)(=O)c1cccc(F)c1C#N. The highest BCUT2D eigenvalue weighted by Gasteiger charge is 2.21. The summed E-state index contributed by atoms with van der Waals surface area (Å²) in [6.07, 6.45) is -0.380. The zero-order valence-electron chi connectivity index (χ0n) is 11.3. The Labute approximate surface area is 118 Å². The van der Waals surface area contributed by atoms with E-state index in [1.54, 1.807) is 6.07 Å². The molecule has 0 radical (unpaired) electrons. The molecule has 0 bridgehead atoms. The lowest BCUT2D eigenvalue weighted by Crippen LogP contribution is -2.29. The number of aliphatic hydroxyl groups excluding tert-OH is 1. The van der Waals surface area contributed by atoms with Crippen molar-refractivity contribution in [2.45, 2.75) is 31.3 Å². The lowest BCUT2D eigenvalue weighted by Gasteiger charge is -2.15. The molecule has 1 rings (SSSR count). The average molecular weight is 300 g/mol. The minimum absolute atomic E-state index is 0.0169.